The van der Waals surface area contributed by atoms with Gasteiger partial charge in [-0.15, -0.1) is 0 Å². The van der Waals surface area contributed by atoms with Crippen LogP contribution in [-0.2, 0) is 14.3 Å². The van der Waals surface area contributed by atoms with Crippen LogP contribution in [0.4, 0.5) is 10.1 Å². The van der Waals surface area contributed by atoms with Gasteiger partial charge in [0.05, 0.1) is 22.3 Å². The van der Waals surface area contributed by atoms with Gasteiger partial charge in [0.15, 0.2) is 0 Å². The minimum Gasteiger partial charge on any atom is -0.466 e. The van der Waals surface area contributed by atoms with Crippen molar-refractivity contribution in [3.63, 3.8) is 0 Å². The summed E-state index contributed by atoms with van der Waals surface area (Å²) in [4.78, 5) is 22.6. The third kappa shape index (κ3) is 4.59. The van der Waals surface area contributed by atoms with Crippen LogP contribution in [0.25, 0.3) is 0 Å². The van der Waals surface area contributed by atoms with Crippen LogP contribution in [0.2, 0.25) is 0 Å². The molecule has 0 aliphatic heterocycles. The van der Waals surface area contributed by atoms with E-state index in [4.69, 9.17) is 4.74 Å². The number of hydrogen-bond donors (Lipinski definition) is 1. The number of carbonyl (C=O) groups excluding carboxylic acids is 2. The Hall–Kier alpha value is -1.18. The maximum Gasteiger partial charge on any atom is 0.306 e. The van der Waals surface area contributed by atoms with Crippen LogP contribution in [-0.4, -0.2) is 18.5 Å². The number of esters is 1. The first kappa shape index (κ1) is 14.9. The lowest BCUT2D eigenvalue weighted by atomic mass is 10.2. The third-order valence-electron chi connectivity index (χ3n) is 2.09. The van der Waals surface area contributed by atoms with Crippen molar-refractivity contribution < 1.29 is 18.7 Å². The average molecular weight is 365 g/mol. The molecule has 98 valence electrons. The third-order valence-corrected chi connectivity index (χ3v) is 3.18. The van der Waals surface area contributed by atoms with Crippen molar-refractivity contribution in [2.45, 2.75) is 19.8 Å². The molecule has 1 aromatic carbocycles. The SMILES string of the molecule is CCOC(=O)CCC(=O)Nc1cccc(F)c1I. The molecule has 4 nitrogen and oxygen atoms in total. The number of rotatable bonds is 5. The maximum absolute atomic E-state index is 13.2. The molecule has 0 saturated heterocycles. The normalized spacial score (nSPS) is 9.94. The van der Waals surface area contributed by atoms with Crippen LogP contribution in [0.1, 0.15) is 19.8 Å². The van der Waals surface area contributed by atoms with Crippen LogP contribution < -0.4 is 5.32 Å². The van der Waals surface area contributed by atoms with Crippen molar-refractivity contribution in [3.05, 3.63) is 27.6 Å². The van der Waals surface area contributed by atoms with Gasteiger partial charge in [-0.1, -0.05) is 6.07 Å². The topological polar surface area (TPSA) is 55.4 Å². The molecule has 1 aromatic rings. The fourth-order valence-electron chi connectivity index (χ4n) is 1.26. The summed E-state index contributed by atoms with van der Waals surface area (Å²) in [5, 5.41) is 2.55. The highest BCUT2D eigenvalue weighted by Crippen LogP contribution is 2.21. The Morgan fingerprint density at radius 2 is 2.11 bits per heavy atom. The Morgan fingerprint density at radius 3 is 2.78 bits per heavy atom. The molecule has 1 amide bonds. The smallest absolute Gasteiger partial charge is 0.306 e. The summed E-state index contributed by atoms with van der Waals surface area (Å²) >= 11 is 1.81. The molecule has 6 heteroatoms. The zero-order valence-corrected chi connectivity index (χ0v) is 12.0. The molecule has 1 rings (SSSR count). The van der Waals surface area contributed by atoms with Gasteiger partial charge < -0.3 is 10.1 Å². The summed E-state index contributed by atoms with van der Waals surface area (Å²) in [6.45, 7) is 2.00. The second-order valence-corrected chi connectivity index (χ2v) is 4.53. The number of carbonyl (C=O) groups is 2. The van der Waals surface area contributed by atoms with E-state index < -0.39 is 11.8 Å². The van der Waals surface area contributed by atoms with Gasteiger partial charge in [0.2, 0.25) is 5.91 Å². The highest BCUT2D eigenvalue weighted by Gasteiger charge is 2.10. The van der Waals surface area contributed by atoms with Crippen LogP contribution in [0.15, 0.2) is 18.2 Å². The molecule has 0 spiro atoms. The summed E-state index contributed by atoms with van der Waals surface area (Å²) in [7, 11) is 0. The Labute approximate surface area is 118 Å². The van der Waals surface area contributed by atoms with Gasteiger partial charge >= 0.3 is 5.97 Å². The highest BCUT2D eigenvalue weighted by molar-refractivity contribution is 14.1. The number of nitrogens with one attached hydrogen (secondary N) is 1. The summed E-state index contributed by atoms with van der Waals surface area (Å²) in [6.07, 6.45) is 0.0387. The van der Waals surface area contributed by atoms with Crippen molar-refractivity contribution >= 4 is 40.2 Å². The molecule has 0 radical (unpaired) electrons. The Morgan fingerprint density at radius 1 is 1.39 bits per heavy atom. The van der Waals surface area contributed by atoms with Gasteiger partial charge in [-0.25, -0.2) is 4.39 Å². The molecule has 0 bridgehead atoms. The first-order chi connectivity index (χ1) is 8.54. The summed E-state index contributed by atoms with van der Waals surface area (Å²) in [5.41, 5.74) is 0.407. The standard InChI is InChI=1S/C12H13FINO3/c1-2-18-11(17)7-6-10(16)15-9-5-3-4-8(13)12(9)14/h3-5H,2,6-7H2,1H3,(H,15,16). The number of hydrogen-bond acceptors (Lipinski definition) is 3. The molecule has 0 aromatic heterocycles. The molecule has 0 unspecified atom stereocenters. The van der Waals surface area contributed by atoms with E-state index in [9.17, 15) is 14.0 Å². The van der Waals surface area contributed by atoms with Gasteiger partial charge in [0.1, 0.15) is 5.82 Å². The van der Waals surface area contributed by atoms with Crippen molar-refractivity contribution in [2.24, 2.45) is 0 Å². The monoisotopic (exact) mass is 365 g/mol. The number of benzene rings is 1. The van der Waals surface area contributed by atoms with Gasteiger partial charge in [-0.2, -0.15) is 0 Å². The zero-order chi connectivity index (χ0) is 13.5. The molecular formula is C12H13FINO3. The van der Waals surface area contributed by atoms with E-state index in [-0.39, 0.29) is 18.7 Å². The number of ether oxygens (including phenoxy) is 1. The molecule has 18 heavy (non-hydrogen) atoms. The molecule has 0 heterocycles. The van der Waals surface area contributed by atoms with Crippen molar-refractivity contribution in [2.75, 3.05) is 11.9 Å². The van der Waals surface area contributed by atoms with Crippen molar-refractivity contribution in [3.8, 4) is 0 Å². The first-order valence-corrected chi connectivity index (χ1v) is 6.52. The number of anilines is 1. The van der Waals surface area contributed by atoms with E-state index >= 15 is 0 Å². The Balaban J connectivity index is 2.50. The van der Waals surface area contributed by atoms with Gasteiger partial charge in [0, 0.05) is 6.42 Å². The van der Waals surface area contributed by atoms with E-state index in [1.54, 1.807) is 13.0 Å². The Bertz CT molecular complexity index is 451. The van der Waals surface area contributed by atoms with E-state index in [0.29, 0.717) is 15.9 Å². The molecular weight excluding hydrogens is 352 g/mol. The lowest BCUT2D eigenvalue weighted by molar-refractivity contribution is -0.144. The van der Waals surface area contributed by atoms with Gasteiger partial charge in [-0.05, 0) is 41.6 Å². The number of amides is 1. The second-order valence-electron chi connectivity index (χ2n) is 3.45. The fraction of sp³-hybridized carbons (Fsp3) is 0.333. The molecule has 0 atom stereocenters. The van der Waals surface area contributed by atoms with Gasteiger partial charge in [-0.3, -0.25) is 9.59 Å². The molecule has 1 N–H and O–H groups in total. The van der Waals surface area contributed by atoms with E-state index in [1.165, 1.54) is 12.1 Å². The highest BCUT2D eigenvalue weighted by atomic mass is 127. The summed E-state index contributed by atoms with van der Waals surface area (Å²) < 4.78 is 18.3. The Kier molecular flexibility index (Phi) is 6.03. The minimum absolute atomic E-state index is 0.0193. The van der Waals surface area contributed by atoms with Crippen LogP contribution in [0.5, 0.6) is 0 Å². The minimum atomic E-state index is -0.415. The maximum atomic E-state index is 13.2. The summed E-state index contributed by atoms with van der Waals surface area (Å²) in [6, 6.07) is 4.43. The van der Waals surface area contributed by atoms with Crippen molar-refractivity contribution in [1.29, 1.82) is 0 Å². The van der Waals surface area contributed by atoms with Crippen molar-refractivity contribution in [1.82, 2.24) is 0 Å². The largest absolute Gasteiger partial charge is 0.466 e. The fourth-order valence-corrected chi connectivity index (χ4v) is 1.76. The number of halogens is 2. The predicted molar refractivity (Wildman–Crippen MR) is 73.6 cm³/mol. The second kappa shape index (κ2) is 7.30. The first-order valence-electron chi connectivity index (χ1n) is 5.44. The van der Waals surface area contributed by atoms with E-state index in [0.717, 1.165) is 0 Å². The predicted octanol–water partition coefficient (Wildman–Crippen LogP) is 2.71. The molecule has 0 aliphatic carbocycles. The molecule has 0 fully saturated rings. The van der Waals surface area contributed by atoms with Crippen LogP contribution in [0, 0.1) is 9.39 Å². The van der Waals surface area contributed by atoms with E-state index in [1.807, 2.05) is 22.6 Å². The molecule has 0 saturated carbocycles. The van der Waals surface area contributed by atoms with Gasteiger partial charge in [0.25, 0.3) is 0 Å². The lowest BCUT2D eigenvalue weighted by Crippen LogP contribution is -2.15. The van der Waals surface area contributed by atoms with Crippen LogP contribution in [0.3, 0.4) is 0 Å². The molecule has 0 aliphatic rings. The quantitative estimate of drug-likeness (QED) is 0.645. The zero-order valence-electron chi connectivity index (χ0n) is 9.83. The van der Waals surface area contributed by atoms with Crippen LogP contribution >= 0.6 is 22.6 Å². The average Bonchev–Trinajstić information content (AvgIpc) is 2.33. The van der Waals surface area contributed by atoms with E-state index in [2.05, 4.69) is 5.32 Å². The summed E-state index contributed by atoms with van der Waals surface area (Å²) in [5.74, 6) is -1.15. The lowest BCUT2D eigenvalue weighted by Gasteiger charge is -2.07.